The van der Waals surface area contributed by atoms with Gasteiger partial charge in [-0.15, -0.1) is 0 Å². The first-order valence-corrected chi connectivity index (χ1v) is 8.09. The van der Waals surface area contributed by atoms with E-state index in [2.05, 4.69) is 24.3 Å². The van der Waals surface area contributed by atoms with Gasteiger partial charge in [-0.3, -0.25) is 4.68 Å². The Kier molecular flexibility index (Phi) is 3.02. The highest BCUT2D eigenvalue weighted by atomic mass is 15.3. The third-order valence-electron chi connectivity index (χ3n) is 5.57. The summed E-state index contributed by atoms with van der Waals surface area (Å²) in [4.78, 5) is 0. The van der Waals surface area contributed by atoms with Gasteiger partial charge in [-0.2, -0.15) is 5.10 Å². The molecule has 2 bridgehead atoms. The van der Waals surface area contributed by atoms with Crippen LogP contribution in [0.5, 0.6) is 0 Å². The molecule has 0 saturated heterocycles. The van der Waals surface area contributed by atoms with Crippen molar-refractivity contribution < 1.29 is 0 Å². The van der Waals surface area contributed by atoms with E-state index in [9.17, 15) is 0 Å². The number of anilines is 1. The van der Waals surface area contributed by atoms with E-state index in [4.69, 9.17) is 10.8 Å². The van der Waals surface area contributed by atoms with Crippen molar-refractivity contribution in [3.63, 3.8) is 0 Å². The fourth-order valence-corrected chi connectivity index (χ4v) is 4.53. The van der Waals surface area contributed by atoms with Crippen molar-refractivity contribution in [2.24, 2.45) is 24.8 Å². The van der Waals surface area contributed by atoms with Crippen molar-refractivity contribution in [2.45, 2.75) is 32.1 Å². The summed E-state index contributed by atoms with van der Waals surface area (Å²) >= 11 is 0. The maximum atomic E-state index is 6.29. The fraction of sp³-hybridized carbons (Fsp3) is 0.500. The molecule has 21 heavy (non-hydrogen) atoms. The summed E-state index contributed by atoms with van der Waals surface area (Å²) in [5, 5.41) is 4.73. The van der Waals surface area contributed by atoms with Crippen molar-refractivity contribution in [1.82, 2.24) is 9.78 Å². The number of benzene rings is 1. The number of hydrogen-bond donors (Lipinski definition) is 1. The summed E-state index contributed by atoms with van der Waals surface area (Å²) in [6, 6.07) is 10.5. The van der Waals surface area contributed by atoms with Crippen LogP contribution >= 0.6 is 0 Å². The van der Waals surface area contributed by atoms with Crippen LogP contribution in [0.2, 0.25) is 0 Å². The lowest BCUT2D eigenvalue weighted by Crippen LogP contribution is -2.14. The second-order valence-electron chi connectivity index (χ2n) is 6.84. The SMILES string of the molecule is Cn1nc(CC2CC3CCC2C3)c(-c2ccccc2)c1N. The quantitative estimate of drug-likeness (QED) is 0.933. The van der Waals surface area contributed by atoms with Gasteiger partial charge in [0.05, 0.1) is 5.69 Å². The molecule has 1 heterocycles. The smallest absolute Gasteiger partial charge is 0.129 e. The van der Waals surface area contributed by atoms with E-state index in [0.29, 0.717) is 0 Å². The number of aromatic nitrogens is 2. The summed E-state index contributed by atoms with van der Waals surface area (Å²) in [5.41, 5.74) is 9.83. The molecule has 3 heteroatoms. The minimum absolute atomic E-state index is 0.791. The van der Waals surface area contributed by atoms with E-state index in [1.54, 1.807) is 0 Å². The maximum Gasteiger partial charge on any atom is 0.129 e. The molecule has 2 aliphatic carbocycles. The Hall–Kier alpha value is -1.77. The average molecular weight is 281 g/mol. The van der Waals surface area contributed by atoms with Gasteiger partial charge in [0.25, 0.3) is 0 Å². The van der Waals surface area contributed by atoms with Crippen LogP contribution in [0.15, 0.2) is 30.3 Å². The molecule has 3 unspecified atom stereocenters. The van der Waals surface area contributed by atoms with E-state index >= 15 is 0 Å². The highest BCUT2D eigenvalue weighted by molar-refractivity contribution is 5.76. The number of nitrogens with two attached hydrogens (primary N) is 1. The standard InChI is InChI=1S/C18H23N3/c1-21-18(19)17(13-5-3-2-4-6-13)16(20-21)11-15-10-12-7-8-14(15)9-12/h2-6,12,14-15H,7-11,19H2,1H3. The molecule has 0 spiro atoms. The Morgan fingerprint density at radius 3 is 2.67 bits per heavy atom. The lowest BCUT2D eigenvalue weighted by atomic mass is 9.84. The number of hydrogen-bond acceptors (Lipinski definition) is 2. The third-order valence-corrected chi connectivity index (χ3v) is 5.57. The normalized spacial score (nSPS) is 27.4. The summed E-state index contributed by atoms with van der Waals surface area (Å²) in [6.45, 7) is 0. The maximum absolute atomic E-state index is 6.29. The summed E-state index contributed by atoms with van der Waals surface area (Å²) in [5.74, 6) is 3.53. The largest absolute Gasteiger partial charge is 0.383 e. The third kappa shape index (κ3) is 2.15. The monoisotopic (exact) mass is 281 g/mol. The van der Waals surface area contributed by atoms with E-state index in [-0.39, 0.29) is 0 Å². The molecule has 0 amide bonds. The van der Waals surface area contributed by atoms with E-state index in [1.165, 1.54) is 36.9 Å². The molecule has 0 radical (unpaired) electrons. The first-order chi connectivity index (χ1) is 10.2. The first kappa shape index (κ1) is 12.9. The topological polar surface area (TPSA) is 43.8 Å². The Morgan fingerprint density at radius 1 is 1.19 bits per heavy atom. The van der Waals surface area contributed by atoms with Gasteiger partial charge >= 0.3 is 0 Å². The summed E-state index contributed by atoms with van der Waals surface area (Å²) < 4.78 is 1.84. The van der Waals surface area contributed by atoms with Gasteiger partial charge in [-0.05, 0) is 49.0 Å². The second-order valence-corrected chi connectivity index (χ2v) is 6.84. The van der Waals surface area contributed by atoms with Gasteiger partial charge in [0.15, 0.2) is 0 Å². The Bertz CT molecular complexity index is 644. The van der Waals surface area contributed by atoms with Crippen molar-refractivity contribution in [3.8, 4) is 11.1 Å². The number of fused-ring (bicyclic) bond motifs is 2. The molecular weight excluding hydrogens is 258 g/mol. The number of nitrogen functional groups attached to an aromatic ring is 1. The summed E-state index contributed by atoms with van der Waals surface area (Å²) in [7, 11) is 1.95. The number of nitrogens with zero attached hydrogens (tertiary/aromatic N) is 2. The molecule has 1 aromatic heterocycles. The van der Waals surface area contributed by atoms with E-state index in [1.807, 2.05) is 17.8 Å². The minimum Gasteiger partial charge on any atom is -0.383 e. The van der Waals surface area contributed by atoms with Gasteiger partial charge in [-0.25, -0.2) is 0 Å². The molecule has 2 aromatic rings. The van der Waals surface area contributed by atoms with Crippen LogP contribution in [0.25, 0.3) is 11.1 Å². The lowest BCUT2D eigenvalue weighted by molar-refractivity contribution is 0.329. The van der Waals surface area contributed by atoms with Gasteiger partial charge in [0, 0.05) is 12.6 Å². The predicted octanol–water partition coefficient (Wildman–Crippen LogP) is 3.65. The lowest BCUT2D eigenvalue weighted by Gasteiger charge is -2.21. The van der Waals surface area contributed by atoms with Gasteiger partial charge in [-0.1, -0.05) is 36.8 Å². The molecule has 4 rings (SSSR count). The van der Waals surface area contributed by atoms with Crippen LogP contribution < -0.4 is 5.73 Å². The Balaban J connectivity index is 1.68. The zero-order valence-electron chi connectivity index (χ0n) is 12.6. The first-order valence-electron chi connectivity index (χ1n) is 8.09. The Morgan fingerprint density at radius 2 is 2.00 bits per heavy atom. The molecular formula is C18H23N3. The fourth-order valence-electron chi connectivity index (χ4n) is 4.53. The van der Waals surface area contributed by atoms with Crippen LogP contribution in [0.1, 0.15) is 31.4 Å². The molecule has 0 aliphatic heterocycles. The van der Waals surface area contributed by atoms with Crippen LogP contribution in [-0.2, 0) is 13.5 Å². The van der Waals surface area contributed by atoms with Crippen LogP contribution in [0, 0.1) is 17.8 Å². The van der Waals surface area contributed by atoms with Gasteiger partial charge < -0.3 is 5.73 Å². The molecule has 3 atom stereocenters. The van der Waals surface area contributed by atoms with Gasteiger partial charge in [0.2, 0.25) is 0 Å². The van der Waals surface area contributed by atoms with Crippen LogP contribution in [0.3, 0.4) is 0 Å². The molecule has 2 saturated carbocycles. The van der Waals surface area contributed by atoms with Crippen molar-refractivity contribution >= 4 is 5.82 Å². The van der Waals surface area contributed by atoms with Crippen molar-refractivity contribution in [1.29, 1.82) is 0 Å². The van der Waals surface area contributed by atoms with Crippen LogP contribution in [-0.4, -0.2) is 9.78 Å². The zero-order valence-corrected chi connectivity index (χ0v) is 12.6. The van der Waals surface area contributed by atoms with Crippen molar-refractivity contribution in [2.75, 3.05) is 5.73 Å². The highest BCUT2D eigenvalue weighted by Gasteiger charge is 2.40. The summed E-state index contributed by atoms with van der Waals surface area (Å²) in [6.07, 6.45) is 6.83. The van der Waals surface area contributed by atoms with Gasteiger partial charge in [0.1, 0.15) is 5.82 Å². The van der Waals surface area contributed by atoms with E-state index in [0.717, 1.165) is 35.6 Å². The van der Waals surface area contributed by atoms with E-state index < -0.39 is 0 Å². The molecule has 2 aliphatic rings. The number of aryl methyl sites for hydroxylation is 1. The molecule has 110 valence electrons. The molecule has 1 aromatic carbocycles. The Labute approximate surface area is 126 Å². The minimum atomic E-state index is 0.791. The predicted molar refractivity (Wildman–Crippen MR) is 85.7 cm³/mol. The number of rotatable bonds is 3. The second kappa shape index (κ2) is 4.90. The molecule has 2 N–H and O–H groups in total. The van der Waals surface area contributed by atoms with Crippen molar-refractivity contribution in [3.05, 3.63) is 36.0 Å². The van der Waals surface area contributed by atoms with Crippen LogP contribution in [0.4, 0.5) is 5.82 Å². The molecule has 3 nitrogen and oxygen atoms in total. The average Bonchev–Trinajstić information content (AvgIpc) is 3.17. The zero-order chi connectivity index (χ0) is 14.4. The molecule has 2 fully saturated rings. The highest BCUT2D eigenvalue weighted by Crippen LogP contribution is 2.50.